The lowest BCUT2D eigenvalue weighted by Gasteiger charge is -2.33. The summed E-state index contributed by atoms with van der Waals surface area (Å²) < 4.78 is 7.24. The van der Waals surface area contributed by atoms with Crippen molar-refractivity contribution in [3.63, 3.8) is 0 Å². The molecule has 0 radical (unpaired) electrons. The van der Waals surface area contributed by atoms with Crippen LogP contribution in [0.5, 0.6) is 0 Å². The number of carbonyl (C=O) groups is 2. The van der Waals surface area contributed by atoms with Crippen LogP contribution in [0.3, 0.4) is 0 Å². The molecule has 0 atom stereocenters. The Labute approximate surface area is 145 Å². The van der Waals surface area contributed by atoms with Gasteiger partial charge in [0.05, 0.1) is 17.8 Å². The molecule has 24 heavy (non-hydrogen) atoms. The van der Waals surface area contributed by atoms with Gasteiger partial charge in [-0.1, -0.05) is 0 Å². The molecule has 3 heterocycles. The molecule has 8 heteroatoms. The highest BCUT2D eigenvalue weighted by atomic mass is 32.2. The zero-order chi connectivity index (χ0) is 17.2. The third kappa shape index (κ3) is 3.30. The lowest BCUT2D eigenvalue weighted by molar-refractivity contribution is -0.144. The molecule has 1 aromatic heterocycles. The molecule has 7 nitrogen and oxygen atoms in total. The minimum atomic E-state index is -1.16. The monoisotopic (exact) mass is 353 g/mol. The van der Waals surface area contributed by atoms with Gasteiger partial charge in [0.2, 0.25) is 0 Å². The number of carboxylic acids is 1. The summed E-state index contributed by atoms with van der Waals surface area (Å²) in [7, 11) is 0. The Morgan fingerprint density at radius 3 is 2.67 bits per heavy atom. The summed E-state index contributed by atoms with van der Waals surface area (Å²) >= 11 is 1.72. The number of carbonyl (C=O) groups excluding carboxylic acids is 1. The maximum absolute atomic E-state index is 12.7. The van der Waals surface area contributed by atoms with E-state index >= 15 is 0 Å². The molecule has 0 saturated carbocycles. The van der Waals surface area contributed by atoms with Crippen molar-refractivity contribution in [3.8, 4) is 0 Å². The van der Waals surface area contributed by atoms with Crippen molar-refractivity contribution in [2.45, 2.75) is 44.2 Å². The SMILES string of the molecule is Cc1c(C(=O)NC2(C(=O)O)CCSCC2)cnn1C1CCOCC1. The van der Waals surface area contributed by atoms with Crippen LogP contribution in [-0.4, -0.2) is 57.0 Å². The van der Waals surface area contributed by atoms with E-state index in [-0.39, 0.29) is 11.9 Å². The van der Waals surface area contributed by atoms with Gasteiger partial charge in [-0.2, -0.15) is 16.9 Å². The molecule has 1 amide bonds. The molecule has 0 bridgehead atoms. The van der Waals surface area contributed by atoms with Crippen LogP contribution in [-0.2, 0) is 9.53 Å². The molecule has 0 unspecified atom stereocenters. The second kappa shape index (κ2) is 7.14. The van der Waals surface area contributed by atoms with Crippen LogP contribution in [0.15, 0.2) is 6.20 Å². The fourth-order valence-electron chi connectivity index (χ4n) is 3.34. The van der Waals surface area contributed by atoms with Crippen molar-refractivity contribution in [2.75, 3.05) is 24.7 Å². The number of aliphatic carboxylic acids is 1. The third-order valence-electron chi connectivity index (χ3n) is 4.93. The quantitative estimate of drug-likeness (QED) is 0.854. The van der Waals surface area contributed by atoms with Gasteiger partial charge in [0.1, 0.15) is 5.54 Å². The Kier molecular flexibility index (Phi) is 5.15. The fourth-order valence-corrected chi connectivity index (χ4v) is 4.53. The number of ether oxygens (including phenoxy) is 1. The smallest absolute Gasteiger partial charge is 0.329 e. The molecule has 2 aliphatic rings. The van der Waals surface area contributed by atoms with Crippen molar-refractivity contribution in [1.29, 1.82) is 0 Å². The largest absolute Gasteiger partial charge is 0.480 e. The van der Waals surface area contributed by atoms with E-state index in [2.05, 4.69) is 10.4 Å². The highest BCUT2D eigenvalue weighted by Gasteiger charge is 2.41. The number of nitrogens with zero attached hydrogens (tertiary/aromatic N) is 2. The predicted octanol–water partition coefficient (Wildman–Crippen LogP) is 1.62. The van der Waals surface area contributed by atoms with Gasteiger partial charge < -0.3 is 15.2 Å². The second-order valence-corrected chi connectivity index (χ2v) is 7.61. The van der Waals surface area contributed by atoms with Gasteiger partial charge in [-0.05, 0) is 44.1 Å². The van der Waals surface area contributed by atoms with Crippen LogP contribution in [0, 0.1) is 6.92 Å². The summed E-state index contributed by atoms with van der Waals surface area (Å²) in [4.78, 5) is 24.4. The van der Waals surface area contributed by atoms with Gasteiger partial charge in [0.25, 0.3) is 5.91 Å². The van der Waals surface area contributed by atoms with Crippen molar-refractivity contribution in [3.05, 3.63) is 17.5 Å². The van der Waals surface area contributed by atoms with Crippen LogP contribution in [0.25, 0.3) is 0 Å². The maximum atomic E-state index is 12.7. The third-order valence-corrected chi connectivity index (χ3v) is 5.92. The van der Waals surface area contributed by atoms with Gasteiger partial charge in [0, 0.05) is 18.9 Å². The molecule has 2 N–H and O–H groups in total. The van der Waals surface area contributed by atoms with E-state index < -0.39 is 11.5 Å². The Morgan fingerprint density at radius 2 is 2.04 bits per heavy atom. The van der Waals surface area contributed by atoms with E-state index in [0.29, 0.717) is 31.6 Å². The van der Waals surface area contributed by atoms with E-state index in [4.69, 9.17) is 4.74 Å². The van der Waals surface area contributed by atoms with E-state index in [0.717, 1.165) is 30.0 Å². The van der Waals surface area contributed by atoms with Crippen molar-refractivity contribution in [2.24, 2.45) is 0 Å². The molecule has 132 valence electrons. The van der Waals surface area contributed by atoms with Crippen LogP contribution in [0.2, 0.25) is 0 Å². The average Bonchev–Trinajstić information content (AvgIpc) is 2.98. The van der Waals surface area contributed by atoms with Crippen LogP contribution < -0.4 is 5.32 Å². The molecule has 3 rings (SSSR count). The number of nitrogens with one attached hydrogen (secondary N) is 1. The van der Waals surface area contributed by atoms with Crippen molar-refractivity contribution < 1.29 is 19.4 Å². The van der Waals surface area contributed by atoms with Crippen LogP contribution >= 0.6 is 11.8 Å². The Bertz CT molecular complexity index is 619. The highest BCUT2D eigenvalue weighted by Crippen LogP contribution is 2.28. The molecule has 2 saturated heterocycles. The zero-order valence-corrected chi connectivity index (χ0v) is 14.6. The highest BCUT2D eigenvalue weighted by molar-refractivity contribution is 7.99. The van der Waals surface area contributed by atoms with E-state index in [1.54, 1.807) is 18.0 Å². The molecule has 2 fully saturated rings. The molecule has 0 aromatic carbocycles. The summed E-state index contributed by atoms with van der Waals surface area (Å²) in [6, 6.07) is 0.236. The first kappa shape index (κ1) is 17.3. The van der Waals surface area contributed by atoms with E-state index in [1.165, 1.54) is 0 Å². The molecule has 0 spiro atoms. The average molecular weight is 353 g/mol. The summed E-state index contributed by atoms with van der Waals surface area (Å²) in [5.41, 5.74) is 0.0840. The fraction of sp³-hybridized carbons (Fsp3) is 0.688. The number of amides is 1. The summed E-state index contributed by atoms with van der Waals surface area (Å²) in [6.45, 7) is 3.26. The first-order valence-electron chi connectivity index (χ1n) is 8.29. The number of hydrogen-bond acceptors (Lipinski definition) is 5. The summed E-state index contributed by atoms with van der Waals surface area (Å²) in [5, 5.41) is 16.7. The molecule has 1 aromatic rings. The Hall–Kier alpha value is -1.54. The second-order valence-electron chi connectivity index (χ2n) is 6.39. The van der Waals surface area contributed by atoms with Gasteiger partial charge in [0.15, 0.2) is 0 Å². The number of carboxylic acid groups (broad SMARTS) is 1. The topological polar surface area (TPSA) is 93.5 Å². The predicted molar refractivity (Wildman–Crippen MR) is 90.4 cm³/mol. The molecular weight excluding hydrogens is 330 g/mol. The van der Waals surface area contributed by atoms with Crippen LogP contribution in [0.4, 0.5) is 0 Å². The Balaban J connectivity index is 1.77. The summed E-state index contributed by atoms with van der Waals surface area (Å²) in [5.74, 6) is 0.186. The standard InChI is InChI=1S/C16H23N3O4S/c1-11-13(10-17-19(11)12-2-6-23-7-3-12)14(20)18-16(15(21)22)4-8-24-9-5-16/h10,12H,2-9H2,1H3,(H,18,20)(H,21,22). The van der Waals surface area contributed by atoms with E-state index in [1.807, 2.05) is 11.6 Å². The number of thioether (sulfide) groups is 1. The molecular formula is C16H23N3O4S. The van der Waals surface area contributed by atoms with Gasteiger partial charge in [-0.3, -0.25) is 9.48 Å². The van der Waals surface area contributed by atoms with Crippen molar-refractivity contribution in [1.82, 2.24) is 15.1 Å². The Morgan fingerprint density at radius 1 is 1.38 bits per heavy atom. The lowest BCUT2D eigenvalue weighted by Crippen LogP contribution is -2.56. The first-order chi connectivity index (χ1) is 11.5. The van der Waals surface area contributed by atoms with E-state index in [9.17, 15) is 14.7 Å². The van der Waals surface area contributed by atoms with Gasteiger partial charge >= 0.3 is 5.97 Å². The van der Waals surface area contributed by atoms with Crippen molar-refractivity contribution >= 4 is 23.6 Å². The molecule has 0 aliphatic carbocycles. The van der Waals surface area contributed by atoms with Crippen LogP contribution in [0.1, 0.15) is 47.8 Å². The zero-order valence-electron chi connectivity index (χ0n) is 13.8. The molecule has 2 aliphatic heterocycles. The first-order valence-corrected chi connectivity index (χ1v) is 9.44. The minimum absolute atomic E-state index is 0.236. The normalized spacial score (nSPS) is 21.4. The minimum Gasteiger partial charge on any atom is -0.480 e. The maximum Gasteiger partial charge on any atom is 0.329 e. The van der Waals surface area contributed by atoms with Gasteiger partial charge in [-0.25, -0.2) is 4.79 Å². The van der Waals surface area contributed by atoms with Gasteiger partial charge in [-0.15, -0.1) is 0 Å². The number of aromatic nitrogens is 2. The summed E-state index contributed by atoms with van der Waals surface area (Å²) in [6.07, 6.45) is 4.20. The lowest BCUT2D eigenvalue weighted by atomic mass is 9.92. The number of hydrogen-bond donors (Lipinski definition) is 2. The number of rotatable bonds is 4.